The lowest BCUT2D eigenvalue weighted by molar-refractivity contribution is -0.114. The maximum atomic E-state index is 13.1. The molecule has 36 heavy (non-hydrogen) atoms. The molecule has 0 radical (unpaired) electrons. The molecule has 2 amide bonds. The molecule has 0 spiro atoms. The Morgan fingerprint density at radius 3 is 2.31 bits per heavy atom. The molecule has 1 saturated heterocycles. The number of nitrogens with zero attached hydrogens (tertiary/aromatic N) is 2. The Morgan fingerprint density at radius 2 is 1.58 bits per heavy atom. The molecule has 188 valence electrons. The number of morpholine rings is 1. The molecule has 1 fully saturated rings. The zero-order chi connectivity index (χ0) is 25.5. The molecule has 0 atom stereocenters. The van der Waals surface area contributed by atoms with Crippen LogP contribution in [0.4, 0.5) is 11.4 Å². The fraction of sp³-hybridized carbons (Fsp3) is 0.231. The highest BCUT2D eigenvalue weighted by atomic mass is 32.2. The van der Waals surface area contributed by atoms with Crippen molar-refractivity contribution in [2.45, 2.75) is 0 Å². The summed E-state index contributed by atoms with van der Waals surface area (Å²) in [5.74, 6) is -0.0174. The number of benzene rings is 3. The highest BCUT2D eigenvalue weighted by molar-refractivity contribution is 7.92. The normalized spacial score (nSPS) is 13.6. The summed E-state index contributed by atoms with van der Waals surface area (Å²) in [7, 11) is -3.86. The van der Waals surface area contributed by atoms with E-state index < -0.39 is 22.5 Å². The van der Waals surface area contributed by atoms with E-state index in [4.69, 9.17) is 9.47 Å². The van der Waals surface area contributed by atoms with Crippen molar-refractivity contribution in [3.63, 3.8) is 0 Å². The monoisotopic (exact) mass is 509 g/mol. The molecule has 4 rings (SSSR count). The van der Waals surface area contributed by atoms with Crippen LogP contribution in [-0.2, 0) is 19.6 Å². The van der Waals surface area contributed by atoms with Crippen molar-refractivity contribution in [1.29, 1.82) is 0 Å². The highest BCUT2D eigenvalue weighted by Gasteiger charge is 2.26. The van der Waals surface area contributed by atoms with Crippen LogP contribution in [0.3, 0.4) is 0 Å². The lowest BCUT2D eigenvalue weighted by atomic mass is 10.1. The van der Waals surface area contributed by atoms with Crippen molar-refractivity contribution in [2.24, 2.45) is 0 Å². The summed E-state index contributed by atoms with van der Waals surface area (Å²) >= 11 is 0. The average molecular weight is 510 g/mol. The minimum Gasteiger partial charge on any atom is -0.455 e. The number of para-hydroxylation sites is 4. The summed E-state index contributed by atoms with van der Waals surface area (Å²) in [6.45, 7) is 1.32. The van der Waals surface area contributed by atoms with E-state index in [9.17, 15) is 18.0 Å². The van der Waals surface area contributed by atoms with Gasteiger partial charge in [-0.2, -0.15) is 0 Å². The zero-order valence-corrected chi connectivity index (χ0v) is 20.6. The lowest BCUT2D eigenvalue weighted by Crippen LogP contribution is -2.41. The molecule has 0 unspecified atom stereocenters. The van der Waals surface area contributed by atoms with Crippen molar-refractivity contribution < 1.29 is 27.5 Å². The van der Waals surface area contributed by atoms with Crippen LogP contribution >= 0.6 is 0 Å². The first-order valence-corrected chi connectivity index (χ1v) is 13.2. The Morgan fingerprint density at radius 1 is 0.944 bits per heavy atom. The van der Waals surface area contributed by atoms with E-state index in [1.807, 2.05) is 6.07 Å². The van der Waals surface area contributed by atoms with E-state index in [1.54, 1.807) is 77.7 Å². The fourth-order valence-corrected chi connectivity index (χ4v) is 4.64. The Bertz CT molecular complexity index is 1320. The van der Waals surface area contributed by atoms with Gasteiger partial charge in [-0.05, 0) is 36.4 Å². The average Bonchev–Trinajstić information content (AvgIpc) is 2.88. The van der Waals surface area contributed by atoms with Gasteiger partial charge in [-0.15, -0.1) is 0 Å². The van der Waals surface area contributed by atoms with Crippen LogP contribution in [0.15, 0.2) is 78.9 Å². The first-order valence-electron chi connectivity index (χ1n) is 11.4. The summed E-state index contributed by atoms with van der Waals surface area (Å²) in [6, 6.07) is 22.2. The van der Waals surface area contributed by atoms with Gasteiger partial charge in [-0.25, -0.2) is 8.42 Å². The van der Waals surface area contributed by atoms with Gasteiger partial charge in [0, 0.05) is 13.1 Å². The van der Waals surface area contributed by atoms with E-state index >= 15 is 0 Å². The van der Waals surface area contributed by atoms with Crippen LogP contribution in [-0.4, -0.2) is 64.2 Å². The number of ether oxygens (including phenoxy) is 2. The SMILES string of the molecule is CS(=O)(=O)N(CC(=O)Nc1ccccc1C(=O)N1CCOCC1)c1ccccc1Oc1ccccc1. The molecule has 10 heteroatoms. The van der Waals surface area contributed by atoms with Crippen LogP contribution in [0.2, 0.25) is 0 Å². The van der Waals surface area contributed by atoms with E-state index in [2.05, 4.69) is 5.32 Å². The van der Waals surface area contributed by atoms with E-state index in [-0.39, 0.29) is 17.3 Å². The molecule has 0 aromatic heterocycles. The topological polar surface area (TPSA) is 105 Å². The minimum atomic E-state index is -3.86. The molecule has 0 saturated carbocycles. The number of hydrogen-bond acceptors (Lipinski definition) is 6. The first-order chi connectivity index (χ1) is 17.3. The minimum absolute atomic E-state index is 0.219. The van der Waals surface area contributed by atoms with Gasteiger partial charge in [0.15, 0.2) is 5.75 Å². The smallest absolute Gasteiger partial charge is 0.256 e. The predicted molar refractivity (Wildman–Crippen MR) is 137 cm³/mol. The van der Waals surface area contributed by atoms with Gasteiger partial charge in [0.1, 0.15) is 12.3 Å². The van der Waals surface area contributed by atoms with E-state index in [0.29, 0.717) is 43.3 Å². The molecule has 3 aromatic carbocycles. The summed E-state index contributed by atoms with van der Waals surface area (Å²) in [5.41, 5.74) is 0.851. The van der Waals surface area contributed by atoms with Crippen LogP contribution in [0.25, 0.3) is 0 Å². The number of rotatable bonds is 8. The van der Waals surface area contributed by atoms with Gasteiger partial charge in [-0.1, -0.05) is 42.5 Å². The number of anilines is 2. The summed E-state index contributed by atoms with van der Waals surface area (Å²) < 4.78 is 37.6. The first kappa shape index (κ1) is 25.2. The van der Waals surface area contributed by atoms with E-state index in [1.165, 1.54) is 0 Å². The molecule has 0 bridgehead atoms. The quantitative estimate of drug-likeness (QED) is 0.499. The zero-order valence-electron chi connectivity index (χ0n) is 19.8. The van der Waals surface area contributed by atoms with Crippen molar-refractivity contribution >= 4 is 33.2 Å². The van der Waals surface area contributed by atoms with Gasteiger partial charge in [0.2, 0.25) is 15.9 Å². The largest absolute Gasteiger partial charge is 0.455 e. The predicted octanol–water partition coefficient (Wildman–Crippen LogP) is 3.36. The van der Waals surface area contributed by atoms with Crippen molar-refractivity contribution in [3.8, 4) is 11.5 Å². The van der Waals surface area contributed by atoms with Crippen LogP contribution in [0.5, 0.6) is 11.5 Å². The third-order valence-electron chi connectivity index (χ3n) is 5.52. The molecule has 9 nitrogen and oxygen atoms in total. The number of hydrogen-bond donors (Lipinski definition) is 1. The number of sulfonamides is 1. The Labute approximate surface area is 210 Å². The standard InChI is InChI=1S/C26H27N3O6S/c1-36(32,33)29(23-13-7-8-14-24(23)35-20-9-3-2-4-10-20)19-25(30)27-22-12-6-5-11-21(22)26(31)28-15-17-34-18-16-28/h2-14H,15-19H2,1H3,(H,27,30). The van der Waals surface area contributed by atoms with E-state index in [0.717, 1.165) is 10.6 Å². The Balaban J connectivity index is 1.56. The molecular weight excluding hydrogens is 482 g/mol. The molecule has 1 aliphatic heterocycles. The van der Waals surface area contributed by atoms with Gasteiger partial charge in [-0.3, -0.25) is 13.9 Å². The van der Waals surface area contributed by atoms with Crippen molar-refractivity contribution in [2.75, 3.05) is 48.7 Å². The van der Waals surface area contributed by atoms with Gasteiger partial charge in [0.25, 0.3) is 5.91 Å². The highest BCUT2D eigenvalue weighted by Crippen LogP contribution is 2.33. The molecule has 1 N–H and O–H groups in total. The van der Waals surface area contributed by atoms with Crippen LogP contribution < -0.4 is 14.4 Å². The molecule has 0 aliphatic carbocycles. The third-order valence-corrected chi connectivity index (χ3v) is 6.65. The lowest BCUT2D eigenvalue weighted by Gasteiger charge is -2.28. The second kappa shape index (κ2) is 11.2. The summed E-state index contributed by atoms with van der Waals surface area (Å²) in [4.78, 5) is 27.7. The van der Waals surface area contributed by atoms with Gasteiger partial charge >= 0.3 is 0 Å². The molecular formula is C26H27N3O6S. The Kier molecular flexibility index (Phi) is 7.87. The van der Waals surface area contributed by atoms with Crippen LogP contribution in [0.1, 0.15) is 10.4 Å². The number of carbonyl (C=O) groups is 2. The second-order valence-corrected chi connectivity index (χ2v) is 10.1. The van der Waals surface area contributed by atoms with Crippen LogP contribution in [0, 0.1) is 0 Å². The molecule has 3 aromatic rings. The molecule has 1 heterocycles. The second-order valence-electron chi connectivity index (χ2n) is 8.15. The van der Waals surface area contributed by atoms with Gasteiger partial charge in [0.05, 0.1) is 36.4 Å². The fourth-order valence-electron chi connectivity index (χ4n) is 3.78. The van der Waals surface area contributed by atoms with Crippen molar-refractivity contribution in [3.05, 3.63) is 84.4 Å². The summed E-state index contributed by atoms with van der Waals surface area (Å²) in [5, 5.41) is 2.71. The number of nitrogens with one attached hydrogen (secondary N) is 1. The third kappa shape index (κ3) is 6.21. The maximum absolute atomic E-state index is 13.1. The van der Waals surface area contributed by atoms with Crippen molar-refractivity contribution in [1.82, 2.24) is 4.90 Å². The Hall–Kier alpha value is -3.89. The number of carbonyl (C=O) groups excluding carboxylic acids is 2. The van der Waals surface area contributed by atoms with Gasteiger partial charge < -0.3 is 19.7 Å². The number of amides is 2. The molecule has 1 aliphatic rings. The maximum Gasteiger partial charge on any atom is 0.256 e. The summed E-state index contributed by atoms with van der Waals surface area (Å²) in [6.07, 6.45) is 1.02.